The zero-order valence-electron chi connectivity index (χ0n) is 17.9. The van der Waals surface area contributed by atoms with Crippen molar-refractivity contribution in [1.82, 2.24) is 30.8 Å². The van der Waals surface area contributed by atoms with E-state index in [1.165, 1.54) is 4.68 Å². The fraction of sp³-hybridized carbons (Fsp3) is 0.217. The van der Waals surface area contributed by atoms with Crippen molar-refractivity contribution in [3.8, 4) is 0 Å². The Morgan fingerprint density at radius 3 is 2.09 bits per heavy atom. The SMILES string of the molecule is CCCCCn1nc(C(=O)NNC(=O)c2n[nH]c(=O)c3ccccc23)c2ccccc2c1=O. The summed E-state index contributed by atoms with van der Waals surface area (Å²) in [6.07, 6.45) is 2.67. The average molecular weight is 446 g/mol. The number of fused-ring (bicyclic) bond motifs is 2. The zero-order chi connectivity index (χ0) is 23.4. The van der Waals surface area contributed by atoms with Gasteiger partial charge in [0.05, 0.1) is 10.8 Å². The molecule has 0 bridgehead atoms. The monoisotopic (exact) mass is 446 g/mol. The molecule has 3 N–H and O–H groups in total. The van der Waals surface area contributed by atoms with Crippen molar-refractivity contribution in [3.05, 3.63) is 80.6 Å². The van der Waals surface area contributed by atoms with E-state index in [1.807, 2.05) is 0 Å². The van der Waals surface area contributed by atoms with E-state index < -0.39 is 17.4 Å². The molecule has 0 aliphatic heterocycles. The van der Waals surface area contributed by atoms with Gasteiger partial charge in [0.15, 0.2) is 11.4 Å². The summed E-state index contributed by atoms with van der Waals surface area (Å²) in [5.41, 5.74) is 3.91. The van der Waals surface area contributed by atoms with Crippen LogP contribution in [0.25, 0.3) is 21.5 Å². The maximum atomic E-state index is 12.9. The van der Waals surface area contributed by atoms with Crippen molar-refractivity contribution in [2.75, 3.05) is 0 Å². The first-order valence-corrected chi connectivity index (χ1v) is 10.6. The number of hydrogen-bond acceptors (Lipinski definition) is 6. The molecular weight excluding hydrogens is 424 g/mol. The molecule has 2 amide bonds. The standard InChI is InChI=1S/C23H22N6O4/c1-2-3-8-13-29-23(33)17-12-7-5-10-15(17)19(28-29)22(32)27-26-21(31)18-14-9-4-6-11-16(14)20(30)25-24-18/h4-7,9-12H,2-3,8,13H2,1H3,(H,25,30)(H,26,31)(H,27,32). The number of hydrazine groups is 1. The number of unbranched alkanes of at least 4 members (excludes halogenated alkanes) is 2. The maximum absolute atomic E-state index is 12.9. The van der Waals surface area contributed by atoms with E-state index in [0.29, 0.717) is 28.1 Å². The van der Waals surface area contributed by atoms with Gasteiger partial charge in [-0.25, -0.2) is 9.78 Å². The van der Waals surface area contributed by atoms with Gasteiger partial charge >= 0.3 is 0 Å². The molecule has 0 unspecified atom stereocenters. The van der Waals surface area contributed by atoms with Gasteiger partial charge in [-0.2, -0.15) is 10.2 Å². The Morgan fingerprint density at radius 2 is 1.42 bits per heavy atom. The van der Waals surface area contributed by atoms with E-state index in [-0.39, 0.29) is 16.9 Å². The number of benzene rings is 2. The predicted octanol–water partition coefficient (Wildman–Crippen LogP) is 1.90. The van der Waals surface area contributed by atoms with Gasteiger partial charge in [-0.15, -0.1) is 0 Å². The minimum atomic E-state index is -0.712. The second kappa shape index (κ2) is 9.43. The molecule has 0 saturated heterocycles. The van der Waals surface area contributed by atoms with Crippen LogP contribution in [0, 0.1) is 0 Å². The normalized spacial score (nSPS) is 10.9. The van der Waals surface area contributed by atoms with Crippen LogP contribution >= 0.6 is 0 Å². The number of aromatic amines is 1. The Hall–Kier alpha value is -4.34. The van der Waals surface area contributed by atoms with Crippen molar-refractivity contribution in [2.45, 2.75) is 32.7 Å². The molecular formula is C23H22N6O4. The van der Waals surface area contributed by atoms with Crippen LogP contribution in [0.3, 0.4) is 0 Å². The second-order valence-electron chi connectivity index (χ2n) is 7.48. The third-order valence-electron chi connectivity index (χ3n) is 5.26. The summed E-state index contributed by atoms with van der Waals surface area (Å²) in [6.45, 7) is 2.44. The number of H-pyrrole nitrogens is 1. The van der Waals surface area contributed by atoms with Gasteiger partial charge < -0.3 is 0 Å². The molecule has 0 atom stereocenters. The lowest BCUT2D eigenvalue weighted by Crippen LogP contribution is -2.43. The molecule has 0 saturated carbocycles. The average Bonchev–Trinajstić information content (AvgIpc) is 2.84. The van der Waals surface area contributed by atoms with Gasteiger partial charge in [-0.1, -0.05) is 56.2 Å². The number of amides is 2. The smallest absolute Gasteiger partial charge is 0.267 e. The van der Waals surface area contributed by atoms with Crippen LogP contribution in [0.1, 0.15) is 47.2 Å². The molecule has 10 heteroatoms. The molecule has 0 radical (unpaired) electrons. The Kier molecular flexibility index (Phi) is 6.25. The van der Waals surface area contributed by atoms with Gasteiger partial charge in [-0.05, 0) is 18.6 Å². The fourth-order valence-electron chi connectivity index (χ4n) is 3.59. The largest absolute Gasteiger partial charge is 0.290 e. The second-order valence-corrected chi connectivity index (χ2v) is 7.48. The zero-order valence-corrected chi connectivity index (χ0v) is 17.9. The van der Waals surface area contributed by atoms with E-state index in [0.717, 1.165) is 19.3 Å². The number of nitrogens with one attached hydrogen (secondary N) is 3. The van der Waals surface area contributed by atoms with E-state index in [1.54, 1.807) is 48.5 Å². The fourth-order valence-corrected chi connectivity index (χ4v) is 3.59. The highest BCUT2D eigenvalue weighted by Crippen LogP contribution is 2.14. The minimum Gasteiger partial charge on any atom is -0.267 e. The van der Waals surface area contributed by atoms with Crippen molar-refractivity contribution in [2.24, 2.45) is 0 Å². The van der Waals surface area contributed by atoms with Gasteiger partial charge in [0, 0.05) is 17.3 Å². The molecule has 0 aliphatic rings. The lowest BCUT2D eigenvalue weighted by molar-refractivity contribution is 0.0841. The molecule has 0 spiro atoms. The number of carbonyl (C=O) groups is 2. The highest BCUT2D eigenvalue weighted by molar-refractivity contribution is 6.08. The molecule has 33 heavy (non-hydrogen) atoms. The molecule has 0 aliphatic carbocycles. The topological polar surface area (TPSA) is 139 Å². The molecule has 4 aromatic rings. The molecule has 168 valence electrons. The van der Waals surface area contributed by atoms with Crippen LogP contribution in [0.2, 0.25) is 0 Å². The number of nitrogens with zero attached hydrogens (tertiary/aromatic N) is 3. The molecule has 2 aromatic carbocycles. The first kappa shape index (κ1) is 21.9. The lowest BCUT2D eigenvalue weighted by Gasteiger charge is -2.12. The van der Waals surface area contributed by atoms with Crippen molar-refractivity contribution >= 4 is 33.4 Å². The molecule has 2 aromatic heterocycles. The van der Waals surface area contributed by atoms with Crippen LogP contribution in [-0.4, -0.2) is 31.8 Å². The van der Waals surface area contributed by atoms with Gasteiger partial charge in [0.25, 0.3) is 22.9 Å². The van der Waals surface area contributed by atoms with E-state index in [9.17, 15) is 19.2 Å². The van der Waals surface area contributed by atoms with Crippen LogP contribution < -0.4 is 22.0 Å². The Labute approximate surface area is 187 Å². The van der Waals surface area contributed by atoms with E-state index >= 15 is 0 Å². The number of carbonyl (C=O) groups excluding carboxylic acids is 2. The number of aromatic nitrogens is 4. The van der Waals surface area contributed by atoms with Crippen LogP contribution in [0.5, 0.6) is 0 Å². The minimum absolute atomic E-state index is 0.0151. The highest BCUT2D eigenvalue weighted by Gasteiger charge is 2.19. The van der Waals surface area contributed by atoms with Crippen LogP contribution in [0.15, 0.2) is 58.1 Å². The van der Waals surface area contributed by atoms with E-state index in [2.05, 4.69) is 33.1 Å². The predicted molar refractivity (Wildman–Crippen MR) is 123 cm³/mol. The van der Waals surface area contributed by atoms with Crippen LogP contribution in [0.4, 0.5) is 0 Å². The summed E-state index contributed by atoms with van der Waals surface area (Å²) in [5.74, 6) is -1.39. The first-order valence-electron chi connectivity index (χ1n) is 10.6. The summed E-state index contributed by atoms with van der Waals surface area (Å²) in [4.78, 5) is 50.3. The summed E-state index contributed by atoms with van der Waals surface area (Å²) >= 11 is 0. The molecule has 0 fully saturated rings. The number of hydrogen-bond donors (Lipinski definition) is 3. The lowest BCUT2D eigenvalue weighted by atomic mass is 10.1. The third-order valence-corrected chi connectivity index (χ3v) is 5.26. The van der Waals surface area contributed by atoms with E-state index in [4.69, 9.17) is 0 Å². The Balaban J connectivity index is 1.61. The molecule has 10 nitrogen and oxygen atoms in total. The number of rotatable bonds is 6. The highest BCUT2D eigenvalue weighted by atomic mass is 16.2. The first-order chi connectivity index (χ1) is 16.0. The number of aryl methyl sites for hydroxylation is 1. The molecule has 2 heterocycles. The summed E-state index contributed by atoms with van der Waals surface area (Å²) < 4.78 is 1.28. The van der Waals surface area contributed by atoms with Gasteiger partial charge in [0.1, 0.15) is 0 Å². The maximum Gasteiger partial charge on any atom is 0.290 e. The summed E-state index contributed by atoms with van der Waals surface area (Å²) in [7, 11) is 0. The van der Waals surface area contributed by atoms with Gasteiger partial charge in [0.2, 0.25) is 0 Å². The van der Waals surface area contributed by atoms with Crippen molar-refractivity contribution in [3.63, 3.8) is 0 Å². The Bertz CT molecular complexity index is 1470. The summed E-state index contributed by atoms with van der Waals surface area (Å²) in [6, 6.07) is 13.2. The van der Waals surface area contributed by atoms with Crippen molar-refractivity contribution < 1.29 is 9.59 Å². The molecule has 4 rings (SSSR count). The third kappa shape index (κ3) is 4.36. The Morgan fingerprint density at radius 1 is 0.848 bits per heavy atom. The van der Waals surface area contributed by atoms with Crippen molar-refractivity contribution in [1.29, 1.82) is 0 Å². The quantitative estimate of drug-likeness (QED) is 0.305. The van der Waals surface area contributed by atoms with Crippen LogP contribution in [-0.2, 0) is 6.54 Å². The summed E-state index contributed by atoms with van der Waals surface area (Å²) in [5, 5.41) is 11.8. The van der Waals surface area contributed by atoms with Gasteiger partial charge in [-0.3, -0.25) is 30.0 Å².